The fourth-order valence-corrected chi connectivity index (χ4v) is 2.89. The van der Waals surface area contributed by atoms with Gasteiger partial charge in [-0.3, -0.25) is 0 Å². The maximum Gasteiger partial charge on any atom is 0.181 e. The highest BCUT2D eigenvalue weighted by Crippen LogP contribution is 2.53. The van der Waals surface area contributed by atoms with E-state index >= 15 is 0 Å². The molecule has 0 aliphatic heterocycles. The molecule has 0 aromatic heterocycles. The second-order valence-electron chi connectivity index (χ2n) is 6.47. The molecule has 0 heterocycles. The highest BCUT2D eigenvalue weighted by atomic mass is 16.5. The van der Waals surface area contributed by atoms with Gasteiger partial charge in [-0.2, -0.15) is 0 Å². The molecule has 0 aliphatic carbocycles. The van der Waals surface area contributed by atoms with Crippen molar-refractivity contribution < 1.29 is 14.2 Å². The number of hydrogen-bond donors (Lipinski definition) is 3. The van der Waals surface area contributed by atoms with Crippen LogP contribution in [0.5, 0.6) is 34.5 Å². The molecule has 30 heavy (non-hydrogen) atoms. The molecule has 4 rings (SSSR count). The Hall–Kier alpha value is -4.32. The van der Waals surface area contributed by atoms with Crippen molar-refractivity contribution in [3.05, 3.63) is 91.0 Å². The van der Waals surface area contributed by atoms with Gasteiger partial charge >= 0.3 is 0 Å². The Morgan fingerprint density at radius 3 is 0.833 bits per heavy atom. The van der Waals surface area contributed by atoms with Crippen molar-refractivity contribution in [2.24, 2.45) is 0 Å². The van der Waals surface area contributed by atoms with Gasteiger partial charge in [0.15, 0.2) is 17.2 Å². The van der Waals surface area contributed by atoms with Crippen LogP contribution < -0.4 is 31.4 Å². The van der Waals surface area contributed by atoms with E-state index in [4.69, 9.17) is 31.4 Å². The van der Waals surface area contributed by atoms with Gasteiger partial charge in [0, 0.05) is 0 Å². The molecule has 0 radical (unpaired) electrons. The summed E-state index contributed by atoms with van der Waals surface area (Å²) >= 11 is 0. The molecular weight excluding hydrogens is 378 g/mol. The summed E-state index contributed by atoms with van der Waals surface area (Å²) in [7, 11) is 0. The van der Waals surface area contributed by atoms with E-state index in [-0.39, 0.29) is 34.3 Å². The fourth-order valence-electron chi connectivity index (χ4n) is 2.89. The Labute approximate surface area is 174 Å². The minimum absolute atomic E-state index is 0.179. The molecule has 0 spiro atoms. The summed E-state index contributed by atoms with van der Waals surface area (Å²) in [5.74, 6) is 2.35. The summed E-state index contributed by atoms with van der Waals surface area (Å²) in [4.78, 5) is 0. The van der Waals surface area contributed by atoms with Crippen molar-refractivity contribution in [2.75, 3.05) is 17.2 Å². The molecule has 0 saturated carbocycles. The maximum atomic E-state index is 6.38. The zero-order valence-electron chi connectivity index (χ0n) is 16.1. The number of nitrogens with two attached hydrogens (primary N) is 3. The van der Waals surface area contributed by atoms with Crippen LogP contribution >= 0.6 is 0 Å². The van der Waals surface area contributed by atoms with E-state index in [1.165, 1.54) is 0 Å². The average molecular weight is 399 g/mol. The summed E-state index contributed by atoms with van der Waals surface area (Å²) in [5, 5.41) is 0. The first-order valence-corrected chi connectivity index (χ1v) is 9.32. The lowest BCUT2D eigenvalue weighted by atomic mass is 10.1. The monoisotopic (exact) mass is 399 g/mol. The molecule has 0 fully saturated rings. The van der Waals surface area contributed by atoms with Crippen molar-refractivity contribution >= 4 is 17.1 Å². The van der Waals surface area contributed by atoms with Gasteiger partial charge in [-0.05, 0) is 36.4 Å². The van der Waals surface area contributed by atoms with E-state index in [0.29, 0.717) is 17.2 Å². The zero-order valence-corrected chi connectivity index (χ0v) is 16.1. The molecule has 4 aromatic rings. The molecule has 6 nitrogen and oxygen atoms in total. The molecule has 0 amide bonds. The lowest BCUT2D eigenvalue weighted by molar-refractivity contribution is 0.449. The van der Waals surface area contributed by atoms with Crippen molar-refractivity contribution in [3.63, 3.8) is 0 Å². The van der Waals surface area contributed by atoms with Gasteiger partial charge in [0.1, 0.15) is 34.3 Å². The minimum atomic E-state index is 0.179. The maximum absolute atomic E-state index is 6.38. The number of ether oxygens (including phenoxy) is 3. The van der Waals surface area contributed by atoms with Crippen LogP contribution in [0.15, 0.2) is 91.0 Å². The first-order chi connectivity index (χ1) is 14.6. The van der Waals surface area contributed by atoms with Crippen LogP contribution in [0.4, 0.5) is 17.1 Å². The zero-order chi connectivity index (χ0) is 20.9. The quantitative estimate of drug-likeness (QED) is 0.353. The van der Waals surface area contributed by atoms with Crippen LogP contribution in [-0.2, 0) is 0 Å². The Bertz CT molecular complexity index is 967. The normalized spacial score (nSPS) is 10.4. The van der Waals surface area contributed by atoms with E-state index in [1.54, 1.807) is 36.4 Å². The van der Waals surface area contributed by atoms with E-state index in [2.05, 4.69) is 0 Å². The van der Waals surface area contributed by atoms with Gasteiger partial charge in [-0.1, -0.05) is 54.6 Å². The van der Waals surface area contributed by atoms with Crippen molar-refractivity contribution in [1.82, 2.24) is 0 Å². The molecule has 6 heteroatoms. The molecule has 6 N–H and O–H groups in total. The standard InChI is InChI=1S/C24H21N3O3/c25-19-22(28-16-10-4-1-5-11-16)20(26)24(30-18-14-8-3-9-15-18)21(27)23(19)29-17-12-6-2-7-13-17/h1-15H,25-27H2. The predicted octanol–water partition coefficient (Wildman–Crippen LogP) is 5.81. The molecule has 0 atom stereocenters. The second kappa shape index (κ2) is 8.36. The number of hydrogen-bond acceptors (Lipinski definition) is 6. The SMILES string of the molecule is Nc1c(Oc2ccccc2)c(N)c(Oc2ccccc2)c(N)c1Oc1ccccc1. The first-order valence-electron chi connectivity index (χ1n) is 9.32. The third-order valence-electron chi connectivity index (χ3n) is 4.36. The van der Waals surface area contributed by atoms with Crippen molar-refractivity contribution in [2.45, 2.75) is 0 Å². The van der Waals surface area contributed by atoms with Crippen LogP contribution in [-0.4, -0.2) is 0 Å². The van der Waals surface area contributed by atoms with Crippen molar-refractivity contribution in [1.29, 1.82) is 0 Å². The van der Waals surface area contributed by atoms with E-state index in [1.807, 2.05) is 54.6 Å². The highest BCUT2D eigenvalue weighted by molar-refractivity contribution is 5.90. The van der Waals surface area contributed by atoms with Gasteiger partial charge < -0.3 is 31.4 Å². The Balaban J connectivity index is 1.83. The molecule has 0 aliphatic rings. The first kappa shape index (κ1) is 19.0. The molecule has 150 valence electrons. The summed E-state index contributed by atoms with van der Waals surface area (Å²) in [6, 6.07) is 27.5. The minimum Gasteiger partial charge on any atom is -0.453 e. The Kier molecular flexibility index (Phi) is 5.30. The second-order valence-corrected chi connectivity index (χ2v) is 6.47. The number of anilines is 3. The van der Waals surface area contributed by atoms with Crippen LogP contribution in [0.3, 0.4) is 0 Å². The lowest BCUT2D eigenvalue weighted by Crippen LogP contribution is -2.06. The van der Waals surface area contributed by atoms with E-state index < -0.39 is 0 Å². The summed E-state index contributed by atoms with van der Waals surface area (Å²) in [6.07, 6.45) is 0. The number of benzene rings is 4. The number of rotatable bonds is 6. The summed E-state index contributed by atoms with van der Waals surface area (Å²) in [5.41, 5.74) is 19.7. The van der Waals surface area contributed by atoms with Crippen LogP contribution in [0.25, 0.3) is 0 Å². The van der Waals surface area contributed by atoms with Crippen LogP contribution in [0.1, 0.15) is 0 Å². The third-order valence-corrected chi connectivity index (χ3v) is 4.36. The van der Waals surface area contributed by atoms with Gasteiger partial charge in [0.25, 0.3) is 0 Å². The van der Waals surface area contributed by atoms with E-state index in [9.17, 15) is 0 Å². The topological polar surface area (TPSA) is 106 Å². The predicted molar refractivity (Wildman–Crippen MR) is 119 cm³/mol. The van der Waals surface area contributed by atoms with Crippen LogP contribution in [0.2, 0.25) is 0 Å². The molecule has 0 unspecified atom stereocenters. The average Bonchev–Trinajstić information content (AvgIpc) is 2.79. The van der Waals surface area contributed by atoms with Gasteiger partial charge in [-0.15, -0.1) is 0 Å². The third kappa shape index (κ3) is 3.93. The van der Waals surface area contributed by atoms with Crippen molar-refractivity contribution in [3.8, 4) is 34.5 Å². The molecular formula is C24H21N3O3. The fraction of sp³-hybridized carbons (Fsp3) is 0. The smallest absolute Gasteiger partial charge is 0.181 e. The van der Waals surface area contributed by atoms with Gasteiger partial charge in [-0.25, -0.2) is 0 Å². The Morgan fingerprint density at radius 2 is 0.600 bits per heavy atom. The lowest BCUT2D eigenvalue weighted by Gasteiger charge is -2.21. The number of para-hydroxylation sites is 3. The van der Waals surface area contributed by atoms with Gasteiger partial charge in [0.2, 0.25) is 0 Å². The highest BCUT2D eigenvalue weighted by Gasteiger charge is 2.25. The largest absolute Gasteiger partial charge is 0.453 e. The summed E-state index contributed by atoms with van der Waals surface area (Å²) in [6.45, 7) is 0. The molecule has 0 bridgehead atoms. The van der Waals surface area contributed by atoms with E-state index in [0.717, 1.165) is 0 Å². The molecule has 4 aromatic carbocycles. The Morgan fingerprint density at radius 1 is 0.367 bits per heavy atom. The number of nitrogen functional groups attached to an aromatic ring is 3. The van der Waals surface area contributed by atoms with Crippen LogP contribution in [0, 0.1) is 0 Å². The summed E-state index contributed by atoms with van der Waals surface area (Å²) < 4.78 is 18.0. The van der Waals surface area contributed by atoms with Gasteiger partial charge in [0.05, 0.1) is 0 Å². The molecule has 0 saturated heterocycles.